The van der Waals surface area contributed by atoms with Crippen LogP contribution in [0.25, 0.3) is 11.1 Å². The molecule has 1 saturated heterocycles. The topological polar surface area (TPSA) is 58.6 Å². The van der Waals surface area contributed by atoms with Crippen molar-refractivity contribution in [2.24, 2.45) is 0 Å². The summed E-state index contributed by atoms with van der Waals surface area (Å²) in [6, 6.07) is 25.8. The van der Waals surface area contributed by atoms with Gasteiger partial charge in [-0.25, -0.2) is 0 Å². The van der Waals surface area contributed by atoms with Crippen LogP contribution in [0.4, 0.5) is 0 Å². The Labute approximate surface area is 237 Å². The number of nitrogens with zero attached hydrogens (tertiary/aromatic N) is 1. The molecule has 3 aromatic rings. The second kappa shape index (κ2) is 13.8. The van der Waals surface area contributed by atoms with Gasteiger partial charge in [-0.1, -0.05) is 79.2 Å². The van der Waals surface area contributed by atoms with E-state index in [1.54, 1.807) is 0 Å². The maximum absolute atomic E-state index is 13.2. The van der Waals surface area contributed by atoms with Crippen molar-refractivity contribution in [2.45, 2.75) is 56.9 Å². The van der Waals surface area contributed by atoms with Gasteiger partial charge in [-0.3, -0.25) is 9.59 Å². The van der Waals surface area contributed by atoms with Crippen LogP contribution in [0.15, 0.2) is 78.9 Å². The van der Waals surface area contributed by atoms with Crippen molar-refractivity contribution < 1.29 is 14.3 Å². The highest BCUT2D eigenvalue weighted by molar-refractivity contribution is 6.30. The van der Waals surface area contributed by atoms with Gasteiger partial charge in [0.25, 0.3) is 5.91 Å². The average molecular weight is 547 g/mol. The lowest BCUT2D eigenvalue weighted by atomic mass is 9.72. The Hall–Kier alpha value is -3.15. The first-order valence-corrected chi connectivity index (χ1v) is 14.3. The Morgan fingerprint density at radius 2 is 1.64 bits per heavy atom. The van der Waals surface area contributed by atoms with Crippen molar-refractivity contribution in [3.05, 3.63) is 95.0 Å². The second-order valence-corrected chi connectivity index (χ2v) is 10.9. The number of hydrogen-bond donors (Lipinski definition) is 1. The van der Waals surface area contributed by atoms with Gasteiger partial charge in [0.1, 0.15) is 0 Å². The molecule has 1 unspecified atom stereocenters. The first-order chi connectivity index (χ1) is 18.9. The van der Waals surface area contributed by atoms with E-state index in [-0.39, 0.29) is 23.3 Å². The molecule has 39 heavy (non-hydrogen) atoms. The minimum absolute atomic E-state index is 0.0302. The lowest BCUT2D eigenvalue weighted by molar-refractivity contribution is -0.142. The van der Waals surface area contributed by atoms with Crippen molar-refractivity contribution in [3.63, 3.8) is 0 Å². The SMILES string of the molecule is CCC(CCCN1CCC(NC(=O)c2ccccc2-c2ccc(Cl)cc2)CC1)(CC(=O)OC)c1ccccc1. The van der Waals surface area contributed by atoms with Gasteiger partial charge in [0.15, 0.2) is 0 Å². The van der Waals surface area contributed by atoms with Crippen LogP contribution in [0.3, 0.4) is 0 Å². The monoisotopic (exact) mass is 546 g/mol. The molecule has 3 aromatic carbocycles. The van der Waals surface area contributed by atoms with E-state index in [1.807, 2.05) is 66.7 Å². The van der Waals surface area contributed by atoms with Crippen molar-refractivity contribution in [3.8, 4) is 11.1 Å². The third kappa shape index (κ3) is 7.49. The van der Waals surface area contributed by atoms with Crippen LogP contribution < -0.4 is 5.32 Å². The predicted molar refractivity (Wildman–Crippen MR) is 158 cm³/mol. The summed E-state index contributed by atoms with van der Waals surface area (Å²) >= 11 is 6.06. The summed E-state index contributed by atoms with van der Waals surface area (Å²) in [6.45, 7) is 5.04. The van der Waals surface area contributed by atoms with Gasteiger partial charge in [-0.15, -0.1) is 0 Å². The smallest absolute Gasteiger partial charge is 0.306 e. The summed E-state index contributed by atoms with van der Waals surface area (Å²) in [4.78, 5) is 28.0. The van der Waals surface area contributed by atoms with E-state index in [4.69, 9.17) is 16.3 Å². The number of nitrogens with one attached hydrogen (secondary N) is 1. The first kappa shape index (κ1) is 28.8. The van der Waals surface area contributed by atoms with E-state index in [0.717, 1.165) is 62.9 Å². The third-order valence-corrected chi connectivity index (χ3v) is 8.40. The quantitative estimate of drug-likeness (QED) is 0.266. The molecule has 4 rings (SSSR count). The third-order valence-electron chi connectivity index (χ3n) is 8.15. The molecule has 206 valence electrons. The number of esters is 1. The zero-order valence-electron chi connectivity index (χ0n) is 23.0. The number of methoxy groups -OCH3 is 1. The van der Waals surface area contributed by atoms with Gasteiger partial charge in [0.2, 0.25) is 0 Å². The highest BCUT2D eigenvalue weighted by Gasteiger charge is 2.33. The Morgan fingerprint density at radius 3 is 2.31 bits per heavy atom. The van der Waals surface area contributed by atoms with Gasteiger partial charge in [0.05, 0.1) is 13.5 Å². The largest absolute Gasteiger partial charge is 0.469 e. The van der Waals surface area contributed by atoms with Crippen LogP contribution in [0.5, 0.6) is 0 Å². The fourth-order valence-electron chi connectivity index (χ4n) is 5.75. The molecule has 1 amide bonds. The number of hydrogen-bond acceptors (Lipinski definition) is 4. The van der Waals surface area contributed by atoms with E-state index in [0.29, 0.717) is 17.0 Å². The minimum atomic E-state index is -0.210. The van der Waals surface area contributed by atoms with E-state index in [2.05, 4.69) is 29.3 Å². The molecule has 0 radical (unpaired) electrons. The van der Waals surface area contributed by atoms with E-state index in [9.17, 15) is 9.59 Å². The van der Waals surface area contributed by atoms with Crippen LogP contribution in [0.1, 0.15) is 61.4 Å². The van der Waals surface area contributed by atoms with Gasteiger partial charge in [-0.2, -0.15) is 0 Å². The molecule has 1 atom stereocenters. The van der Waals surface area contributed by atoms with Gasteiger partial charge >= 0.3 is 5.97 Å². The van der Waals surface area contributed by atoms with E-state index in [1.165, 1.54) is 12.7 Å². The number of halogens is 1. The van der Waals surface area contributed by atoms with Crippen LogP contribution in [0.2, 0.25) is 5.02 Å². The Kier molecular flexibility index (Phi) is 10.2. The molecule has 0 spiro atoms. The van der Waals surface area contributed by atoms with Gasteiger partial charge in [0, 0.05) is 35.1 Å². The minimum Gasteiger partial charge on any atom is -0.469 e. The fourth-order valence-corrected chi connectivity index (χ4v) is 5.87. The number of carbonyl (C=O) groups excluding carboxylic acids is 2. The number of likely N-dealkylation sites (tertiary alicyclic amines) is 1. The van der Waals surface area contributed by atoms with Crippen molar-refractivity contribution >= 4 is 23.5 Å². The molecule has 6 heteroatoms. The standard InChI is InChI=1S/C33H39ClN2O3/c1-3-33(24-31(37)39-2,26-10-5-4-6-11-26)20-9-21-36-22-18-28(19-23-36)35-32(38)30-13-8-7-12-29(30)25-14-16-27(34)17-15-25/h4-8,10-17,28H,3,9,18-24H2,1-2H3,(H,35,38). The zero-order valence-corrected chi connectivity index (χ0v) is 23.8. The number of amides is 1. The molecule has 1 fully saturated rings. The highest BCUT2D eigenvalue weighted by Crippen LogP contribution is 2.37. The Balaban J connectivity index is 1.30. The lowest BCUT2D eigenvalue weighted by Crippen LogP contribution is -2.45. The van der Waals surface area contributed by atoms with Crippen LogP contribution >= 0.6 is 11.6 Å². The number of piperidine rings is 1. The summed E-state index contributed by atoms with van der Waals surface area (Å²) in [7, 11) is 1.47. The Morgan fingerprint density at radius 1 is 0.974 bits per heavy atom. The molecule has 5 nitrogen and oxygen atoms in total. The zero-order chi connectivity index (χ0) is 27.7. The number of ether oxygens (including phenoxy) is 1. The van der Waals surface area contributed by atoms with Crippen molar-refractivity contribution in [2.75, 3.05) is 26.7 Å². The predicted octanol–water partition coefficient (Wildman–Crippen LogP) is 6.89. The van der Waals surface area contributed by atoms with Crippen LogP contribution in [-0.2, 0) is 14.9 Å². The van der Waals surface area contributed by atoms with Crippen LogP contribution in [-0.4, -0.2) is 49.6 Å². The van der Waals surface area contributed by atoms with Gasteiger partial charge < -0.3 is 15.0 Å². The van der Waals surface area contributed by atoms with Gasteiger partial charge in [-0.05, 0) is 73.5 Å². The van der Waals surface area contributed by atoms with E-state index < -0.39 is 0 Å². The molecule has 1 aliphatic heterocycles. The number of carbonyl (C=O) groups is 2. The Bertz CT molecular complexity index is 1220. The summed E-state index contributed by atoms with van der Waals surface area (Å²) < 4.78 is 5.05. The molecule has 0 saturated carbocycles. The first-order valence-electron chi connectivity index (χ1n) is 13.9. The summed E-state index contributed by atoms with van der Waals surface area (Å²) in [5.74, 6) is -0.188. The maximum Gasteiger partial charge on any atom is 0.306 e. The molecule has 1 aliphatic rings. The molecular weight excluding hydrogens is 508 g/mol. The molecule has 1 heterocycles. The molecule has 0 bridgehead atoms. The summed E-state index contributed by atoms with van der Waals surface area (Å²) in [6.07, 6.45) is 5.07. The van der Waals surface area contributed by atoms with E-state index >= 15 is 0 Å². The fraction of sp³-hybridized carbons (Fsp3) is 0.394. The highest BCUT2D eigenvalue weighted by atomic mass is 35.5. The van der Waals surface area contributed by atoms with Crippen molar-refractivity contribution in [1.29, 1.82) is 0 Å². The average Bonchev–Trinajstić information content (AvgIpc) is 2.98. The van der Waals surface area contributed by atoms with Crippen LogP contribution in [0, 0.1) is 0 Å². The maximum atomic E-state index is 13.2. The summed E-state index contributed by atoms with van der Waals surface area (Å²) in [5, 5.41) is 3.95. The normalized spacial score (nSPS) is 15.9. The summed E-state index contributed by atoms with van der Waals surface area (Å²) in [5.41, 5.74) is 3.57. The molecular formula is C33H39ClN2O3. The number of benzene rings is 3. The van der Waals surface area contributed by atoms with Crippen molar-refractivity contribution in [1.82, 2.24) is 10.2 Å². The lowest BCUT2D eigenvalue weighted by Gasteiger charge is -2.35. The molecule has 1 N–H and O–H groups in total. The number of rotatable bonds is 11. The molecule has 0 aliphatic carbocycles. The second-order valence-electron chi connectivity index (χ2n) is 10.5. The molecule has 0 aromatic heterocycles.